The number of fused-ring (bicyclic) bond motifs is 1. The molecule has 176 valence electrons. The first-order valence-electron chi connectivity index (χ1n) is 10.0. The molecule has 1 aliphatic heterocycles. The topological polar surface area (TPSA) is 133 Å². The maximum Gasteiger partial charge on any atom is 0.333 e. The molecule has 0 saturated carbocycles. The van der Waals surface area contributed by atoms with Gasteiger partial charge in [0.25, 0.3) is 10.0 Å². The van der Waals surface area contributed by atoms with Gasteiger partial charge < -0.3 is 16.0 Å². The summed E-state index contributed by atoms with van der Waals surface area (Å²) in [5, 5.41) is 8.18. The second kappa shape index (κ2) is 9.45. The SMILES string of the molecule is CNc1ccc2c(c1)NC(=O)CC(c1ccc(NC(=O)NS(=O)(=O)c3ccc(Cl)s3)cc1)C2=O. The molecule has 1 aromatic heterocycles. The molecule has 0 bridgehead atoms. The summed E-state index contributed by atoms with van der Waals surface area (Å²) in [6.45, 7) is 0. The van der Waals surface area contributed by atoms with E-state index in [1.54, 1.807) is 37.4 Å². The maximum absolute atomic E-state index is 13.2. The molecule has 0 radical (unpaired) electrons. The highest BCUT2D eigenvalue weighted by atomic mass is 35.5. The van der Waals surface area contributed by atoms with E-state index >= 15 is 0 Å². The minimum Gasteiger partial charge on any atom is -0.388 e. The smallest absolute Gasteiger partial charge is 0.333 e. The van der Waals surface area contributed by atoms with Gasteiger partial charge in [-0.05, 0) is 48.0 Å². The first-order valence-corrected chi connectivity index (χ1v) is 12.7. The molecule has 4 N–H and O–H groups in total. The normalized spacial score (nSPS) is 15.6. The van der Waals surface area contributed by atoms with Gasteiger partial charge in [-0.15, -0.1) is 11.3 Å². The van der Waals surface area contributed by atoms with Crippen LogP contribution in [0.2, 0.25) is 4.34 Å². The lowest BCUT2D eigenvalue weighted by atomic mass is 9.88. The number of rotatable bonds is 5. The molecular weight excluding hydrogens is 500 g/mol. The van der Waals surface area contributed by atoms with Crippen molar-refractivity contribution < 1.29 is 22.8 Å². The number of carbonyl (C=O) groups is 3. The molecule has 1 unspecified atom stereocenters. The number of nitrogens with one attached hydrogen (secondary N) is 4. The van der Waals surface area contributed by atoms with Crippen molar-refractivity contribution in [3.63, 3.8) is 0 Å². The van der Waals surface area contributed by atoms with E-state index in [4.69, 9.17) is 11.6 Å². The highest BCUT2D eigenvalue weighted by Crippen LogP contribution is 2.33. The zero-order valence-corrected chi connectivity index (χ0v) is 20.1. The van der Waals surface area contributed by atoms with Crippen molar-refractivity contribution in [2.45, 2.75) is 16.5 Å². The van der Waals surface area contributed by atoms with Gasteiger partial charge in [-0.3, -0.25) is 9.59 Å². The molecule has 1 atom stereocenters. The predicted octanol–water partition coefficient (Wildman–Crippen LogP) is 4.26. The molecule has 0 fully saturated rings. The lowest BCUT2D eigenvalue weighted by Gasteiger charge is -2.14. The minimum atomic E-state index is -4.06. The van der Waals surface area contributed by atoms with Crippen molar-refractivity contribution >= 4 is 67.7 Å². The van der Waals surface area contributed by atoms with E-state index in [2.05, 4.69) is 16.0 Å². The summed E-state index contributed by atoms with van der Waals surface area (Å²) >= 11 is 6.58. The fourth-order valence-electron chi connectivity index (χ4n) is 3.52. The molecule has 0 spiro atoms. The Morgan fingerprint density at radius 3 is 2.41 bits per heavy atom. The number of sulfonamides is 1. The third kappa shape index (κ3) is 5.06. The van der Waals surface area contributed by atoms with E-state index in [0.29, 0.717) is 22.5 Å². The van der Waals surface area contributed by atoms with Crippen LogP contribution < -0.4 is 20.7 Å². The lowest BCUT2D eigenvalue weighted by molar-refractivity contribution is -0.116. The molecule has 0 saturated heterocycles. The summed E-state index contributed by atoms with van der Waals surface area (Å²) in [6.07, 6.45) is -0.0305. The van der Waals surface area contributed by atoms with Crippen LogP contribution in [0.4, 0.5) is 21.9 Å². The van der Waals surface area contributed by atoms with Gasteiger partial charge >= 0.3 is 6.03 Å². The Hall–Kier alpha value is -3.41. The van der Waals surface area contributed by atoms with Crippen LogP contribution >= 0.6 is 22.9 Å². The largest absolute Gasteiger partial charge is 0.388 e. The molecule has 1 aliphatic rings. The molecule has 3 amide bonds. The summed E-state index contributed by atoms with van der Waals surface area (Å²) in [7, 11) is -2.31. The van der Waals surface area contributed by atoms with Gasteiger partial charge in [0.15, 0.2) is 5.78 Å². The average Bonchev–Trinajstić information content (AvgIpc) is 3.19. The molecule has 4 rings (SSSR count). The van der Waals surface area contributed by atoms with Crippen LogP contribution in [-0.2, 0) is 14.8 Å². The number of thiophene rings is 1. The van der Waals surface area contributed by atoms with E-state index in [1.165, 1.54) is 24.3 Å². The summed E-state index contributed by atoms with van der Waals surface area (Å²) in [6, 6.07) is 13.2. The minimum absolute atomic E-state index is 0.0305. The standard InChI is InChI=1S/C22H19ClN4O5S2/c1-24-14-6-7-15-17(10-14)26-19(28)11-16(21(15)29)12-2-4-13(5-3-12)25-22(30)27-34(31,32)20-9-8-18(23)33-20/h2-10,16,24H,11H2,1H3,(H,26,28)(H2,25,27,30). The van der Waals surface area contributed by atoms with Crippen molar-refractivity contribution in [3.8, 4) is 0 Å². The predicted molar refractivity (Wildman–Crippen MR) is 131 cm³/mol. The number of hydrogen-bond acceptors (Lipinski definition) is 7. The zero-order valence-electron chi connectivity index (χ0n) is 17.7. The second-order valence-corrected chi connectivity index (χ2v) is 11.0. The molecule has 12 heteroatoms. The third-order valence-corrected chi connectivity index (χ3v) is 8.22. The molecule has 0 aliphatic carbocycles. The van der Waals surface area contributed by atoms with E-state index < -0.39 is 22.0 Å². The van der Waals surface area contributed by atoms with Gasteiger partial charge in [0.1, 0.15) is 4.21 Å². The summed E-state index contributed by atoms with van der Waals surface area (Å²) in [5.74, 6) is -1.19. The Bertz CT molecular complexity index is 1390. The highest BCUT2D eigenvalue weighted by Gasteiger charge is 2.30. The fourth-order valence-corrected chi connectivity index (χ4v) is 5.91. The van der Waals surface area contributed by atoms with Crippen molar-refractivity contribution in [1.82, 2.24) is 4.72 Å². The van der Waals surface area contributed by atoms with Crippen LogP contribution in [0.15, 0.2) is 58.8 Å². The van der Waals surface area contributed by atoms with E-state index in [1.807, 2.05) is 4.72 Å². The van der Waals surface area contributed by atoms with Gasteiger partial charge in [-0.1, -0.05) is 23.7 Å². The van der Waals surface area contributed by atoms with E-state index in [9.17, 15) is 22.8 Å². The Kier molecular flexibility index (Phi) is 6.60. The molecule has 2 heterocycles. The van der Waals surface area contributed by atoms with Crippen LogP contribution in [0.3, 0.4) is 0 Å². The van der Waals surface area contributed by atoms with Crippen molar-refractivity contribution in [2.24, 2.45) is 0 Å². The number of amides is 3. The third-order valence-electron chi connectivity index (χ3n) is 5.17. The van der Waals surface area contributed by atoms with Gasteiger partial charge in [0, 0.05) is 30.4 Å². The maximum atomic E-state index is 13.2. The number of Topliss-reactive ketones (excluding diaryl/α,β-unsaturated/α-hetero) is 1. The molecule has 2 aromatic carbocycles. The quantitative estimate of drug-likeness (QED) is 0.399. The van der Waals surface area contributed by atoms with Gasteiger partial charge in [0.05, 0.1) is 15.9 Å². The Morgan fingerprint density at radius 2 is 1.76 bits per heavy atom. The Labute approximate surface area is 204 Å². The van der Waals surface area contributed by atoms with Crippen LogP contribution in [-0.4, -0.2) is 33.2 Å². The average molecular weight is 519 g/mol. The summed E-state index contributed by atoms with van der Waals surface area (Å²) in [4.78, 5) is 37.8. The number of urea groups is 1. The van der Waals surface area contributed by atoms with Crippen LogP contribution in [0, 0.1) is 0 Å². The highest BCUT2D eigenvalue weighted by molar-refractivity contribution is 7.92. The number of ketones is 1. The Morgan fingerprint density at radius 1 is 1.06 bits per heavy atom. The van der Waals surface area contributed by atoms with Crippen LogP contribution in [0.25, 0.3) is 0 Å². The molecule has 34 heavy (non-hydrogen) atoms. The molecular formula is C22H19ClN4O5S2. The van der Waals surface area contributed by atoms with E-state index in [-0.39, 0.29) is 26.7 Å². The number of anilines is 3. The van der Waals surface area contributed by atoms with Gasteiger partial charge in [0.2, 0.25) is 5.91 Å². The van der Waals surface area contributed by atoms with Crippen LogP contribution in [0.1, 0.15) is 28.3 Å². The van der Waals surface area contributed by atoms with Gasteiger partial charge in [-0.25, -0.2) is 17.9 Å². The number of halogens is 1. The summed E-state index contributed by atoms with van der Waals surface area (Å²) < 4.78 is 26.6. The monoisotopic (exact) mass is 518 g/mol. The zero-order chi connectivity index (χ0) is 24.5. The molecule has 3 aromatic rings. The van der Waals surface area contributed by atoms with E-state index in [0.717, 1.165) is 17.0 Å². The van der Waals surface area contributed by atoms with Crippen molar-refractivity contribution in [2.75, 3.05) is 23.0 Å². The first-order chi connectivity index (χ1) is 16.2. The van der Waals surface area contributed by atoms with Crippen molar-refractivity contribution in [3.05, 3.63) is 70.1 Å². The number of benzene rings is 2. The first kappa shape index (κ1) is 23.7. The van der Waals surface area contributed by atoms with Crippen molar-refractivity contribution in [1.29, 1.82) is 0 Å². The fraction of sp³-hybridized carbons (Fsp3) is 0.136. The number of carbonyl (C=O) groups excluding carboxylic acids is 3. The molecule has 9 nitrogen and oxygen atoms in total. The lowest BCUT2D eigenvalue weighted by Crippen LogP contribution is -2.33. The number of hydrogen-bond donors (Lipinski definition) is 4. The summed E-state index contributed by atoms with van der Waals surface area (Å²) in [5.41, 5.74) is 2.54. The second-order valence-electron chi connectivity index (χ2n) is 7.42. The Balaban J connectivity index is 1.49. The van der Waals surface area contributed by atoms with Crippen LogP contribution in [0.5, 0.6) is 0 Å². The van der Waals surface area contributed by atoms with Gasteiger partial charge in [-0.2, -0.15) is 0 Å².